The molecule has 2 spiro atoms. The number of hydrogen-bond acceptors (Lipinski definition) is 3. The molecule has 4 fully saturated rings. The Hall–Kier alpha value is -2.25. The first-order valence-electron chi connectivity index (χ1n) is 11.5. The number of hydrogen-bond donors (Lipinski definition) is 1. The summed E-state index contributed by atoms with van der Waals surface area (Å²) in [5, 5.41) is 3.04. The fraction of sp³-hybridized carbons (Fsp3) is 0.667. The summed E-state index contributed by atoms with van der Waals surface area (Å²) >= 11 is 0. The third-order valence-electron chi connectivity index (χ3n) is 8.35. The van der Waals surface area contributed by atoms with Crippen LogP contribution in [-0.2, 0) is 15.8 Å². The van der Waals surface area contributed by atoms with Gasteiger partial charge in [0.15, 0.2) is 0 Å². The number of carbonyl (C=O) groups excluding carboxylic acids is 2. The van der Waals surface area contributed by atoms with Gasteiger partial charge in [-0.1, -0.05) is 6.07 Å². The van der Waals surface area contributed by atoms with Gasteiger partial charge in [0.1, 0.15) is 5.75 Å². The minimum absolute atomic E-state index is 0.0108. The van der Waals surface area contributed by atoms with Crippen LogP contribution in [0.1, 0.15) is 68.4 Å². The molecule has 2 aliphatic heterocycles. The van der Waals surface area contributed by atoms with Crippen molar-refractivity contribution < 1.29 is 27.5 Å². The van der Waals surface area contributed by atoms with Crippen molar-refractivity contribution in [2.45, 2.75) is 69.0 Å². The van der Waals surface area contributed by atoms with E-state index >= 15 is 0 Å². The number of alkyl halides is 3. The maximum atomic E-state index is 13.3. The lowest BCUT2D eigenvalue weighted by Gasteiger charge is -2.53. The molecule has 2 saturated heterocycles. The topological polar surface area (TPSA) is 58.6 Å². The maximum Gasteiger partial charge on any atom is 0.419 e. The molecule has 0 unspecified atom stereocenters. The van der Waals surface area contributed by atoms with E-state index in [1.165, 1.54) is 19.2 Å². The summed E-state index contributed by atoms with van der Waals surface area (Å²) in [7, 11) is 1.25. The lowest BCUT2D eigenvalue weighted by molar-refractivity contribution is -0.145. The summed E-state index contributed by atoms with van der Waals surface area (Å²) in [4.78, 5) is 26.4. The molecule has 0 radical (unpaired) electrons. The van der Waals surface area contributed by atoms with E-state index in [9.17, 15) is 22.8 Å². The summed E-state index contributed by atoms with van der Waals surface area (Å²) in [5.41, 5.74) is 0.0136. The maximum absolute atomic E-state index is 13.3. The molecule has 1 aromatic rings. The van der Waals surface area contributed by atoms with Gasteiger partial charge in [-0.15, -0.1) is 0 Å². The fourth-order valence-electron chi connectivity index (χ4n) is 6.43. The number of amides is 2. The highest BCUT2D eigenvalue weighted by Gasteiger charge is 2.53. The summed E-state index contributed by atoms with van der Waals surface area (Å²) in [6.07, 6.45) is 2.03. The molecule has 0 bridgehead atoms. The van der Waals surface area contributed by atoms with Crippen LogP contribution in [0, 0.1) is 11.3 Å². The van der Waals surface area contributed by atoms with Crippen molar-refractivity contribution in [2.24, 2.45) is 11.3 Å². The van der Waals surface area contributed by atoms with Gasteiger partial charge in [0.2, 0.25) is 11.8 Å². The number of nitrogens with zero attached hydrogens (tertiary/aromatic N) is 1. The summed E-state index contributed by atoms with van der Waals surface area (Å²) in [6.45, 7) is 1.44. The zero-order valence-electron chi connectivity index (χ0n) is 18.3. The van der Waals surface area contributed by atoms with Crippen LogP contribution >= 0.6 is 0 Å². The van der Waals surface area contributed by atoms with Crippen LogP contribution in [0.25, 0.3) is 0 Å². The van der Waals surface area contributed by atoms with E-state index in [-0.39, 0.29) is 40.4 Å². The number of nitrogens with one attached hydrogen (secondary N) is 1. The van der Waals surface area contributed by atoms with Gasteiger partial charge in [0.05, 0.1) is 12.7 Å². The zero-order valence-corrected chi connectivity index (χ0v) is 18.3. The average molecular weight is 451 g/mol. The van der Waals surface area contributed by atoms with E-state index in [2.05, 4.69) is 5.32 Å². The smallest absolute Gasteiger partial charge is 0.419 e. The lowest BCUT2D eigenvalue weighted by atomic mass is 9.56. The summed E-state index contributed by atoms with van der Waals surface area (Å²) in [5.74, 6) is 0.289. The van der Waals surface area contributed by atoms with Gasteiger partial charge in [-0.2, -0.15) is 13.2 Å². The predicted molar refractivity (Wildman–Crippen MR) is 111 cm³/mol. The Balaban J connectivity index is 1.15. The molecule has 8 heteroatoms. The molecular weight excluding hydrogens is 421 g/mol. The zero-order chi connectivity index (χ0) is 22.7. The molecule has 0 aromatic heterocycles. The van der Waals surface area contributed by atoms with Crippen LogP contribution in [0.5, 0.6) is 5.75 Å². The normalized spacial score (nSPS) is 26.6. The van der Waals surface area contributed by atoms with Gasteiger partial charge >= 0.3 is 6.18 Å². The van der Waals surface area contributed by atoms with E-state index in [1.54, 1.807) is 6.07 Å². The Kier molecular flexibility index (Phi) is 4.98. The number of benzene rings is 1. The van der Waals surface area contributed by atoms with Crippen molar-refractivity contribution in [3.63, 3.8) is 0 Å². The van der Waals surface area contributed by atoms with E-state index in [0.717, 1.165) is 63.6 Å². The predicted octanol–water partition coefficient (Wildman–Crippen LogP) is 4.26. The van der Waals surface area contributed by atoms with Gasteiger partial charge in [0, 0.05) is 31.0 Å². The molecule has 174 valence electrons. The Labute approximate surface area is 185 Å². The second kappa shape index (κ2) is 7.39. The molecule has 32 heavy (non-hydrogen) atoms. The second-order valence-corrected chi connectivity index (χ2v) is 10.3. The highest BCUT2D eigenvalue weighted by molar-refractivity contribution is 5.83. The summed E-state index contributed by atoms with van der Waals surface area (Å²) < 4.78 is 44.9. The number of ether oxygens (including phenoxy) is 1. The Morgan fingerprint density at radius 1 is 1.12 bits per heavy atom. The van der Waals surface area contributed by atoms with E-state index in [4.69, 9.17) is 4.74 Å². The molecular formula is C24H29F3N2O3. The first-order chi connectivity index (χ1) is 15.1. The van der Waals surface area contributed by atoms with Crippen molar-refractivity contribution in [3.05, 3.63) is 29.3 Å². The van der Waals surface area contributed by atoms with Crippen LogP contribution in [0.4, 0.5) is 13.2 Å². The Morgan fingerprint density at radius 2 is 1.81 bits per heavy atom. The van der Waals surface area contributed by atoms with E-state index < -0.39 is 11.7 Å². The summed E-state index contributed by atoms with van der Waals surface area (Å²) in [6, 6.07) is 4.41. The Bertz CT molecular complexity index is 923. The van der Waals surface area contributed by atoms with Crippen molar-refractivity contribution in [1.82, 2.24) is 10.2 Å². The minimum Gasteiger partial charge on any atom is -0.496 e. The highest BCUT2D eigenvalue weighted by Crippen LogP contribution is 2.57. The van der Waals surface area contributed by atoms with Gasteiger partial charge in [-0.25, -0.2) is 0 Å². The SMILES string of the molecule is COc1ccc(C2CC3(CCN(C(=O)C4CC5(CCC(=O)N5)C4)CC3)C2)cc1C(F)(F)F. The second-order valence-electron chi connectivity index (χ2n) is 10.3. The third kappa shape index (κ3) is 3.65. The average Bonchev–Trinajstić information content (AvgIpc) is 3.11. The number of likely N-dealkylation sites (tertiary alicyclic amines) is 1. The fourth-order valence-corrected chi connectivity index (χ4v) is 6.43. The van der Waals surface area contributed by atoms with Crippen LogP contribution in [0.2, 0.25) is 0 Å². The third-order valence-corrected chi connectivity index (χ3v) is 8.35. The lowest BCUT2D eigenvalue weighted by Crippen LogP contribution is -2.58. The molecule has 5 nitrogen and oxygen atoms in total. The largest absolute Gasteiger partial charge is 0.496 e. The van der Waals surface area contributed by atoms with Gasteiger partial charge in [-0.3, -0.25) is 9.59 Å². The van der Waals surface area contributed by atoms with Crippen LogP contribution < -0.4 is 10.1 Å². The molecule has 0 atom stereocenters. The number of piperidine rings is 1. The van der Waals surface area contributed by atoms with Crippen LogP contribution in [0.3, 0.4) is 0 Å². The molecule has 2 heterocycles. The molecule has 2 saturated carbocycles. The van der Waals surface area contributed by atoms with Crippen molar-refractivity contribution >= 4 is 11.8 Å². The molecule has 1 N–H and O–H groups in total. The first kappa shape index (κ1) is 21.6. The quantitative estimate of drug-likeness (QED) is 0.749. The molecule has 5 rings (SSSR count). The molecule has 1 aromatic carbocycles. The highest BCUT2D eigenvalue weighted by atomic mass is 19.4. The molecule has 2 aliphatic carbocycles. The van der Waals surface area contributed by atoms with Crippen LogP contribution in [0.15, 0.2) is 18.2 Å². The molecule has 2 amide bonds. The number of carbonyl (C=O) groups is 2. The van der Waals surface area contributed by atoms with Crippen LogP contribution in [-0.4, -0.2) is 42.5 Å². The van der Waals surface area contributed by atoms with Crippen molar-refractivity contribution in [2.75, 3.05) is 20.2 Å². The van der Waals surface area contributed by atoms with Gasteiger partial charge < -0.3 is 15.0 Å². The van der Waals surface area contributed by atoms with Gasteiger partial charge in [-0.05, 0) is 74.0 Å². The number of rotatable bonds is 3. The van der Waals surface area contributed by atoms with Crippen molar-refractivity contribution in [1.29, 1.82) is 0 Å². The van der Waals surface area contributed by atoms with E-state index in [0.29, 0.717) is 6.42 Å². The number of methoxy groups -OCH3 is 1. The first-order valence-corrected chi connectivity index (χ1v) is 11.5. The van der Waals surface area contributed by atoms with Crippen molar-refractivity contribution in [3.8, 4) is 5.75 Å². The monoisotopic (exact) mass is 450 g/mol. The minimum atomic E-state index is -4.43. The number of halogens is 3. The van der Waals surface area contributed by atoms with Gasteiger partial charge in [0.25, 0.3) is 0 Å². The van der Waals surface area contributed by atoms with E-state index in [1.807, 2.05) is 4.90 Å². The standard InChI is InChI=1S/C24H29F3N2O3/c1-32-19-3-2-15(10-18(19)24(25,26)27)16-11-22(12-16)6-8-29(9-7-22)21(31)17-13-23(14-17)5-4-20(30)28-23/h2-3,10,16-17H,4-9,11-14H2,1H3,(H,28,30). The molecule has 4 aliphatic rings. The Morgan fingerprint density at radius 3 is 2.38 bits per heavy atom.